The summed E-state index contributed by atoms with van der Waals surface area (Å²) in [6.45, 7) is 1.24. The Morgan fingerprint density at radius 3 is 2.82 bits per heavy atom. The normalized spacial score (nSPS) is 13.6. The first-order valence-corrected chi connectivity index (χ1v) is 11.0. The van der Waals surface area contributed by atoms with E-state index in [0.717, 1.165) is 12.8 Å². The highest BCUT2D eigenvalue weighted by Gasteiger charge is 2.23. The van der Waals surface area contributed by atoms with Crippen molar-refractivity contribution in [3.05, 3.63) is 59.7 Å². The first kappa shape index (κ1) is 22.9. The molecule has 0 radical (unpaired) electrons. The summed E-state index contributed by atoms with van der Waals surface area (Å²) in [5.74, 6) is 0.840. The lowest BCUT2D eigenvalue weighted by molar-refractivity contribution is -0.111. The van der Waals surface area contributed by atoms with Gasteiger partial charge in [0.2, 0.25) is 5.91 Å². The van der Waals surface area contributed by atoms with E-state index in [1.807, 2.05) is 19.0 Å². The molecule has 0 bridgehead atoms. The van der Waals surface area contributed by atoms with Crippen molar-refractivity contribution in [2.75, 3.05) is 37.9 Å². The van der Waals surface area contributed by atoms with Crippen molar-refractivity contribution in [3.8, 4) is 5.75 Å². The fourth-order valence-electron chi connectivity index (χ4n) is 3.15. The topological polar surface area (TPSA) is 79.4 Å². The minimum absolute atomic E-state index is 0.00610. The largest absolute Gasteiger partial charge is 0.491 e. The molecule has 1 amide bonds. The average Bonchev–Trinajstić information content (AvgIpc) is 3.59. The Bertz CT molecular complexity index is 1200. The Morgan fingerprint density at radius 1 is 1.27 bits per heavy atom. The molecule has 2 aromatic carbocycles. The molecule has 2 N–H and O–H groups in total. The second-order valence-electron chi connectivity index (χ2n) is 8.25. The lowest BCUT2D eigenvalue weighted by Crippen LogP contribution is -2.13. The fraction of sp³-hybridized carbons (Fsp3) is 0.292. The van der Waals surface area contributed by atoms with Gasteiger partial charge in [-0.1, -0.05) is 17.7 Å². The number of benzene rings is 2. The van der Waals surface area contributed by atoms with E-state index in [2.05, 4.69) is 20.6 Å². The number of fused-ring (bicyclic) bond motifs is 1. The number of ether oxygens (including phenoxy) is 1. The van der Waals surface area contributed by atoms with Crippen LogP contribution in [0.2, 0.25) is 5.02 Å². The molecular weight excluding hydrogens is 445 g/mol. The van der Waals surface area contributed by atoms with Crippen molar-refractivity contribution < 1.29 is 13.9 Å². The smallest absolute Gasteiger partial charge is 0.248 e. The van der Waals surface area contributed by atoms with Gasteiger partial charge >= 0.3 is 0 Å². The minimum atomic E-state index is -0.500. The number of carbonyl (C=O) groups is 1. The summed E-state index contributed by atoms with van der Waals surface area (Å²) in [6, 6.07) is 7.91. The molecule has 3 aromatic rings. The van der Waals surface area contributed by atoms with Crippen LogP contribution in [0.15, 0.2) is 48.8 Å². The number of halogens is 2. The first-order chi connectivity index (χ1) is 15.9. The maximum atomic E-state index is 13.5. The zero-order valence-corrected chi connectivity index (χ0v) is 19.2. The molecule has 0 saturated heterocycles. The summed E-state index contributed by atoms with van der Waals surface area (Å²) in [6.07, 6.45) is 7.02. The van der Waals surface area contributed by atoms with E-state index in [4.69, 9.17) is 16.3 Å². The summed E-state index contributed by atoms with van der Waals surface area (Å²) in [5.41, 5.74) is 1.75. The molecule has 172 valence electrons. The summed E-state index contributed by atoms with van der Waals surface area (Å²) in [7, 11) is 3.86. The summed E-state index contributed by atoms with van der Waals surface area (Å²) in [4.78, 5) is 23.2. The van der Waals surface area contributed by atoms with Gasteiger partial charge < -0.3 is 20.3 Å². The highest BCUT2D eigenvalue weighted by Crippen LogP contribution is 2.36. The molecule has 1 saturated carbocycles. The van der Waals surface area contributed by atoms with E-state index in [9.17, 15) is 9.18 Å². The van der Waals surface area contributed by atoms with E-state index >= 15 is 0 Å². The number of rotatable bonds is 9. The molecule has 1 aliphatic rings. The Labute approximate surface area is 196 Å². The van der Waals surface area contributed by atoms with Gasteiger partial charge in [-0.25, -0.2) is 14.4 Å². The number of likely N-dealkylation sites (N-methyl/N-ethyl adjacent to an activating group) is 1. The van der Waals surface area contributed by atoms with Crippen LogP contribution in [0.5, 0.6) is 5.75 Å². The van der Waals surface area contributed by atoms with Crippen molar-refractivity contribution in [2.24, 2.45) is 5.92 Å². The molecule has 1 fully saturated rings. The number of carbonyl (C=O) groups excluding carboxylic acids is 1. The van der Waals surface area contributed by atoms with Gasteiger partial charge in [-0.3, -0.25) is 4.79 Å². The molecule has 0 unspecified atom stereocenters. The number of nitrogens with one attached hydrogen (secondary N) is 2. The zero-order valence-electron chi connectivity index (χ0n) is 18.4. The third-order valence-corrected chi connectivity index (χ3v) is 5.38. The second kappa shape index (κ2) is 10.1. The molecule has 9 heteroatoms. The van der Waals surface area contributed by atoms with Crippen molar-refractivity contribution in [2.45, 2.75) is 12.8 Å². The second-order valence-corrected chi connectivity index (χ2v) is 8.66. The predicted octanol–water partition coefficient (Wildman–Crippen LogP) is 5.01. The highest BCUT2D eigenvalue weighted by atomic mass is 35.5. The molecular formula is C24H25ClFN5O2. The van der Waals surface area contributed by atoms with E-state index in [1.54, 1.807) is 24.3 Å². The number of hydrogen-bond acceptors (Lipinski definition) is 6. The van der Waals surface area contributed by atoms with Crippen molar-refractivity contribution >= 4 is 45.6 Å². The Morgan fingerprint density at radius 2 is 2.09 bits per heavy atom. The third kappa shape index (κ3) is 6.18. The predicted molar refractivity (Wildman–Crippen MR) is 129 cm³/mol. The number of nitrogens with zero attached hydrogens (tertiary/aromatic N) is 3. The van der Waals surface area contributed by atoms with Crippen LogP contribution >= 0.6 is 11.6 Å². The maximum absolute atomic E-state index is 13.5. The zero-order chi connectivity index (χ0) is 23.4. The van der Waals surface area contributed by atoms with Gasteiger partial charge in [0, 0.05) is 29.8 Å². The van der Waals surface area contributed by atoms with Gasteiger partial charge in [-0.2, -0.15) is 0 Å². The lowest BCUT2D eigenvalue weighted by atomic mass is 10.1. The Kier molecular flexibility index (Phi) is 7.05. The van der Waals surface area contributed by atoms with Crippen LogP contribution in [0.3, 0.4) is 0 Å². The Hall–Kier alpha value is -3.23. The van der Waals surface area contributed by atoms with Crippen LogP contribution in [0, 0.1) is 11.7 Å². The van der Waals surface area contributed by atoms with Crippen LogP contribution in [0.25, 0.3) is 10.9 Å². The van der Waals surface area contributed by atoms with Gasteiger partial charge in [0.1, 0.15) is 23.7 Å². The quantitative estimate of drug-likeness (QED) is 0.429. The average molecular weight is 470 g/mol. The summed E-state index contributed by atoms with van der Waals surface area (Å²) < 4.78 is 19.5. The number of hydrogen-bond donors (Lipinski definition) is 2. The number of anilines is 3. The van der Waals surface area contributed by atoms with Crippen molar-refractivity contribution in [1.29, 1.82) is 0 Å². The molecule has 1 aliphatic carbocycles. The third-order valence-electron chi connectivity index (χ3n) is 5.09. The van der Waals surface area contributed by atoms with Gasteiger partial charge in [-0.15, -0.1) is 0 Å². The standard InChI is InChI=1S/C24H25ClFN5O2/c1-31(2)9-3-4-23(32)30-21-11-17-20(12-22(21)33-13-15-5-6-15)27-14-28-24(17)29-16-7-8-19(26)18(25)10-16/h3-4,7-8,10-12,14-15H,5-6,9,13H2,1-2H3,(H,30,32)(H,27,28,29). The van der Waals surface area contributed by atoms with Gasteiger partial charge in [0.05, 0.1) is 22.8 Å². The SMILES string of the molecule is CN(C)CC=CC(=O)Nc1cc2c(Nc3ccc(F)c(Cl)c3)ncnc2cc1OCC1CC1. The fourth-order valence-corrected chi connectivity index (χ4v) is 3.33. The van der Waals surface area contributed by atoms with Crippen LogP contribution in [-0.2, 0) is 4.79 Å². The van der Waals surface area contributed by atoms with Gasteiger partial charge in [-0.05, 0) is 57.1 Å². The van der Waals surface area contributed by atoms with E-state index in [0.29, 0.717) is 52.9 Å². The van der Waals surface area contributed by atoms with Gasteiger partial charge in [0.15, 0.2) is 0 Å². The van der Waals surface area contributed by atoms with Crippen LogP contribution in [0.1, 0.15) is 12.8 Å². The van der Waals surface area contributed by atoms with Crippen LogP contribution in [0.4, 0.5) is 21.6 Å². The first-order valence-electron chi connectivity index (χ1n) is 10.6. The molecule has 1 aromatic heterocycles. The Balaban J connectivity index is 1.65. The molecule has 7 nitrogen and oxygen atoms in total. The van der Waals surface area contributed by atoms with Crippen molar-refractivity contribution in [3.63, 3.8) is 0 Å². The summed E-state index contributed by atoms with van der Waals surface area (Å²) >= 11 is 5.91. The molecule has 0 aliphatic heterocycles. The van der Waals surface area contributed by atoms with Crippen molar-refractivity contribution in [1.82, 2.24) is 14.9 Å². The monoisotopic (exact) mass is 469 g/mol. The minimum Gasteiger partial charge on any atom is -0.491 e. The van der Waals surface area contributed by atoms with E-state index < -0.39 is 5.82 Å². The molecule has 0 spiro atoms. The summed E-state index contributed by atoms with van der Waals surface area (Å²) in [5, 5.41) is 6.73. The molecule has 1 heterocycles. The van der Waals surface area contributed by atoms with Crippen LogP contribution in [-0.4, -0.2) is 48.0 Å². The molecule has 0 atom stereocenters. The van der Waals surface area contributed by atoms with Gasteiger partial charge in [0.25, 0.3) is 0 Å². The van der Waals surface area contributed by atoms with E-state index in [1.165, 1.54) is 24.5 Å². The molecule has 33 heavy (non-hydrogen) atoms. The maximum Gasteiger partial charge on any atom is 0.248 e. The number of amides is 1. The number of aromatic nitrogens is 2. The molecule has 4 rings (SSSR count). The highest BCUT2D eigenvalue weighted by molar-refractivity contribution is 6.31. The van der Waals surface area contributed by atoms with Crippen LogP contribution < -0.4 is 15.4 Å². The van der Waals surface area contributed by atoms with E-state index in [-0.39, 0.29) is 10.9 Å². The lowest BCUT2D eigenvalue weighted by Gasteiger charge is -2.15.